The Morgan fingerprint density at radius 1 is 1.07 bits per heavy atom. The van der Waals surface area contributed by atoms with E-state index in [0.29, 0.717) is 28.6 Å². The fourth-order valence-electron chi connectivity index (χ4n) is 2.80. The maximum absolute atomic E-state index is 12.2. The molecule has 0 bridgehead atoms. The molecule has 0 spiro atoms. The maximum Gasteiger partial charge on any atom is 0.249 e. The molecule has 8 nitrogen and oxygen atoms in total. The molecule has 2 aromatic carbocycles. The van der Waals surface area contributed by atoms with Crippen LogP contribution in [-0.2, 0) is 4.79 Å². The molecule has 1 amide bonds. The fourth-order valence-corrected chi connectivity index (χ4v) is 2.80. The highest BCUT2D eigenvalue weighted by molar-refractivity contribution is 5.91. The highest BCUT2D eigenvalue weighted by atomic mass is 16.5. The lowest BCUT2D eigenvalue weighted by Gasteiger charge is -2.12. The molecule has 0 aliphatic rings. The van der Waals surface area contributed by atoms with Crippen LogP contribution in [0.2, 0.25) is 0 Å². The first-order chi connectivity index (χ1) is 14.5. The van der Waals surface area contributed by atoms with Crippen molar-refractivity contribution in [2.24, 2.45) is 0 Å². The second kappa shape index (κ2) is 9.60. The second-order valence-corrected chi connectivity index (χ2v) is 6.34. The lowest BCUT2D eigenvalue weighted by molar-refractivity contribution is -0.117. The van der Waals surface area contributed by atoms with Crippen molar-refractivity contribution >= 4 is 12.0 Å². The Morgan fingerprint density at radius 3 is 2.33 bits per heavy atom. The monoisotopic (exact) mass is 409 g/mol. The Morgan fingerprint density at radius 2 is 1.73 bits per heavy atom. The van der Waals surface area contributed by atoms with Crippen LogP contribution in [0.15, 0.2) is 53.1 Å². The van der Waals surface area contributed by atoms with Gasteiger partial charge < -0.3 is 24.1 Å². The zero-order valence-corrected chi connectivity index (χ0v) is 17.2. The molecule has 1 heterocycles. The van der Waals surface area contributed by atoms with Crippen molar-refractivity contribution in [1.82, 2.24) is 15.5 Å². The Bertz CT molecular complexity index is 1010. The quantitative estimate of drug-likeness (QED) is 0.567. The van der Waals surface area contributed by atoms with Crippen LogP contribution in [0.1, 0.15) is 24.4 Å². The average molecular weight is 409 g/mol. The second-order valence-electron chi connectivity index (χ2n) is 6.34. The third-order valence-electron chi connectivity index (χ3n) is 4.32. The standard InChI is InChI=1S/C22H23N3O5/c1-14(23-19(26)11-10-15-8-6-5-7-9-15)22-24-21(25-30-22)16-12-17(27-2)20(29-4)18(13-16)28-3/h5-14H,1-4H3,(H,23,26)/b11-10+. The van der Waals surface area contributed by atoms with Gasteiger partial charge in [0.1, 0.15) is 6.04 Å². The summed E-state index contributed by atoms with van der Waals surface area (Å²) in [5.41, 5.74) is 1.56. The predicted octanol–water partition coefficient (Wildman–Crippen LogP) is 3.65. The van der Waals surface area contributed by atoms with Gasteiger partial charge in [-0.1, -0.05) is 35.5 Å². The van der Waals surface area contributed by atoms with Crippen LogP contribution in [0.5, 0.6) is 17.2 Å². The molecule has 1 aromatic heterocycles. The van der Waals surface area contributed by atoms with E-state index in [-0.39, 0.29) is 11.8 Å². The van der Waals surface area contributed by atoms with Crippen molar-refractivity contribution in [2.45, 2.75) is 13.0 Å². The van der Waals surface area contributed by atoms with Gasteiger partial charge in [-0.05, 0) is 30.7 Å². The number of amides is 1. The summed E-state index contributed by atoms with van der Waals surface area (Å²) in [6.07, 6.45) is 3.19. The normalized spacial score (nSPS) is 11.9. The van der Waals surface area contributed by atoms with Gasteiger partial charge in [0.05, 0.1) is 21.3 Å². The summed E-state index contributed by atoms with van der Waals surface area (Å²) in [5, 5.41) is 6.81. The number of carbonyl (C=O) groups is 1. The smallest absolute Gasteiger partial charge is 0.249 e. The number of nitrogens with zero attached hydrogens (tertiary/aromatic N) is 2. The van der Waals surface area contributed by atoms with Gasteiger partial charge in [0.15, 0.2) is 11.5 Å². The Balaban J connectivity index is 1.74. The van der Waals surface area contributed by atoms with Crippen molar-refractivity contribution in [3.05, 3.63) is 60.0 Å². The number of carbonyl (C=O) groups excluding carboxylic acids is 1. The van der Waals surface area contributed by atoms with E-state index in [1.54, 1.807) is 25.1 Å². The molecule has 156 valence electrons. The number of ether oxygens (including phenoxy) is 3. The van der Waals surface area contributed by atoms with Gasteiger partial charge in [-0.15, -0.1) is 0 Å². The summed E-state index contributed by atoms with van der Waals surface area (Å²) < 4.78 is 21.4. The van der Waals surface area contributed by atoms with Crippen LogP contribution in [-0.4, -0.2) is 37.4 Å². The fraction of sp³-hybridized carbons (Fsp3) is 0.227. The van der Waals surface area contributed by atoms with Crippen LogP contribution in [0, 0.1) is 0 Å². The number of rotatable bonds is 8. The first-order valence-corrected chi connectivity index (χ1v) is 9.23. The third kappa shape index (κ3) is 4.78. The van der Waals surface area contributed by atoms with Crippen LogP contribution in [0.4, 0.5) is 0 Å². The van der Waals surface area contributed by atoms with Gasteiger partial charge in [0, 0.05) is 11.6 Å². The minimum Gasteiger partial charge on any atom is -0.493 e. The molecule has 1 N–H and O–H groups in total. The Labute approximate surface area is 174 Å². The molecule has 0 saturated heterocycles. The third-order valence-corrected chi connectivity index (χ3v) is 4.32. The Kier molecular flexibility index (Phi) is 6.69. The Hall–Kier alpha value is -3.81. The van der Waals surface area contributed by atoms with Crippen LogP contribution >= 0.6 is 0 Å². The summed E-state index contributed by atoms with van der Waals surface area (Å²) >= 11 is 0. The summed E-state index contributed by atoms with van der Waals surface area (Å²) in [6.45, 7) is 1.76. The molecule has 0 saturated carbocycles. The average Bonchev–Trinajstić information content (AvgIpc) is 3.28. The van der Waals surface area contributed by atoms with Gasteiger partial charge in [0.25, 0.3) is 0 Å². The molecule has 0 aliphatic heterocycles. The molecule has 0 fully saturated rings. The lowest BCUT2D eigenvalue weighted by atomic mass is 10.1. The van der Waals surface area contributed by atoms with E-state index in [2.05, 4.69) is 15.5 Å². The van der Waals surface area contributed by atoms with E-state index in [1.807, 2.05) is 30.3 Å². The topological polar surface area (TPSA) is 95.7 Å². The number of hydrogen-bond donors (Lipinski definition) is 1. The SMILES string of the molecule is COc1cc(-c2noc(C(C)NC(=O)/C=C/c3ccccc3)n2)cc(OC)c1OC. The van der Waals surface area contributed by atoms with E-state index < -0.39 is 6.04 Å². The lowest BCUT2D eigenvalue weighted by Crippen LogP contribution is -2.24. The van der Waals surface area contributed by atoms with E-state index in [1.165, 1.54) is 27.4 Å². The molecule has 0 radical (unpaired) electrons. The molecular weight excluding hydrogens is 386 g/mol. The predicted molar refractivity (Wildman–Crippen MR) is 111 cm³/mol. The first kappa shape index (κ1) is 20.9. The van der Waals surface area contributed by atoms with Crippen LogP contribution < -0.4 is 19.5 Å². The van der Waals surface area contributed by atoms with E-state index in [0.717, 1.165) is 5.56 Å². The van der Waals surface area contributed by atoms with Crippen molar-refractivity contribution in [1.29, 1.82) is 0 Å². The van der Waals surface area contributed by atoms with Gasteiger partial charge in [-0.3, -0.25) is 4.79 Å². The molecule has 3 aromatic rings. The molecule has 3 rings (SSSR count). The van der Waals surface area contributed by atoms with Gasteiger partial charge in [0.2, 0.25) is 23.4 Å². The zero-order chi connectivity index (χ0) is 21.5. The van der Waals surface area contributed by atoms with Crippen molar-refractivity contribution in [2.75, 3.05) is 21.3 Å². The summed E-state index contributed by atoms with van der Waals surface area (Å²) in [4.78, 5) is 16.6. The van der Waals surface area contributed by atoms with Crippen molar-refractivity contribution in [3.63, 3.8) is 0 Å². The van der Waals surface area contributed by atoms with Gasteiger partial charge in [-0.2, -0.15) is 4.98 Å². The summed E-state index contributed by atoms with van der Waals surface area (Å²) in [6, 6.07) is 12.5. The van der Waals surface area contributed by atoms with E-state index in [4.69, 9.17) is 18.7 Å². The van der Waals surface area contributed by atoms with E-state index in [9.17, 15) is 4.79 Å². The number of methoxy groups -OCH3 is 3. The van der Waals surface area contributed by atoms with Gasteiger partial charge in [-0.25, -0.2) is 0 Å². The summed E-state index contributed by atoms with van der Waals surface area (Å²) in [5.74, 6) is 1.78. The highest BCUT2D eigenvalue weighted by Crippen LogP contribution is 2.40. The number of aromatic nitrogens is 2. The summed E-state index contributed by atoms with van der Waals surface area (Å²) in [7, 11) is 4.59. The largest absolute Gasteiger partial charge is 0.493 e. The van der Waals surface area contributed by atoms with Crippen molar-refractivity contribution < 1.29 is 23.5 Å². The number of benzene rings is 2. The molecule has 1 unspecified atom stereocenters. The van der Waals surface area contributed by atoms with Crippen LogP contribution in [0.3, 0.4) is 0 Å². The number of hydrogen-bond acceptors (Lipinski definition) is 7. The highest BCUT2D eigenvalue weighted by Gasteiger charge is 2.20. The first-order valence-electron chi connectivity index (χ1n) is 9.23. The minimum atomic E-state index is -0.471. The maximum atomic E-state index is 12.2. The van der Waals surface area contributed by atoms with Crippen LogP contribution in [0.25, 0.3) is 17.5 Å². The van der Waals surface area contributed by atoms with Gasteiger partial charge >= 0.3 is 0 Å². The molecule has 8 heteroatoms. The van der Waals surface area contributed by atoms with Crippen molar-refractivity contribution in [3.8, 4) is 28.6 Å². The number of nitrogens with one attached hydrogen (secondary N) is 1. The molecular formula is C22H23N3O5. The minimum absolute atomic E-state index is 0.265. The molecule has 0 aliphatic carbocycles. The zero-order valence-electron chi connectivity index (χ0n) is 17.2. The molecule has 30 heavy (non-hydrogen) atoms. The molecule has 1 atom stereocenters. The van der Waals surface area contributed by atoms with E-state index >= 15 is 0 Å².